The number of carbonyl (C=O) groups excluding carboxylic acids is 1. The highest BCUT2D eigenvalue weighted by Gasteiger charge is 2.14. The first-order valence-corrected chi connectivity index (χ1v) is 10.0. The van der Waals surface area contributed by atoms with Gasteiger partial charge in [0.1, 0.15) is 0 Å². The molecule has 1 aromatic heterocycles. The smallest absolute Gasteiger partial charge is 0.277 e. The molecule has 0 fully saturated rings. The van der Waals surface area contributed by atoms with E-state index in [0.29, 0.717) is 11.1 Å². The third-order valence-electron chi connectivity index (χ3n) is 4.37. The molecule has 6 heteroatoms. The monoisotopic (exact) mass is 381 g/mol. The molecular weight excluding hydrogens is 358 g/mol. The van der Waals surface area contributed by atoms with Crippen molar-refractivity contribution in [2.24, 2.45) is 0 Å². The molecule has 1 heterocycles. The number of aromatic nitrogens is 2. The molecule has 0 aliphatic rings. The Morgan fingerprint density at radius 2 is 1.74 bits per heavy atom. The van der Waals surface area contributed by atoms with Gasteiger partial charge < -0.3 is 9.73 Å². The quantitative estimate of drug-likeness (QED) is 0.590. The topological polar surface area (TPSA) is 68.0 Å². The van der Waals surface area contributed by atoms with Crippen LogP contribution in [0.15, 0.2) is 52.1 Å². The van der Waals surface area contributed by atoms with E-state index in [0.717, 1.165) is 40.8 Å². The summed E-state index contributed by atoms with van der Waals surface area (Å²) in [4.78, 5) is 12.4. The van der Waals surface area contributed by atoms with E-state index in [-0.39, 0.29) is 11.7 Å². The number of carbonyl (C=O) groups is 1. The summed E-state index contributed by atoms with van der Waals surface area (Å²) in [5, 5.41) is 11.6. The number of anilines is 1. The summed E-state index contributed by atoms with van der Waals surface area (Å²) in [6, 6.07) is 14.0. The maximum Gasteiger partial charge on any atom is 0.277 e. The van der Waals surface area contributed by atoms with Gasteiger partial charge in [0, 0.05) is 11.3 Å². The standard InChI is InChI=1S/C21H23N3O2S/c1-4-15-10-8-11-16(5-2)19(15)22-18(25)13-27-21-24-23-20(26-21)17-12-7-6-9-14(17)3/h6-12H,4-5,13H2,1-3H3,(H,22,25). The van der Waals surface area contributed by atoms with E-state index < -0.39 is 0 Å². The molecule has 0 bridgehead atoms. The number of aryl methyl sites for hydroxylation is 3. The number of nitrogens with zero attached hydrogens (tertiary/aromatic N) is 2. The number of para-hydroxylation sites is 1. The predicted molar refractivity (Wildman–Crippen MR) is 109 cm³/mol. The van der Waals surface area contributed by atoms with Crippen LogP contribution in [-0.2, 0) is 17.6 Å². The molecule has 3 rings (SSSR count). The molecule has 0 radical (unpaired) electrons. The van der Waals surface area contributed by atoms with E-state index in [4.69, 9.17) is 4.42 Å². The Morgan fingerprint density at radius 1 is 1.04 bits per heavy atom. The summed E-state index contributed by atoms with van der Waals surface area (Å²) in [7, 11) is 0. The molecule has 2 aromatic carbocycles. The van der Waals surface area contributed by atoms with Crippen molar-refractivity contribution in [3.05, 3.63) is 59.2 Å². The Hall–Kier alpha value is -2.60. The minimum Gasteiger partial charge on any atom is -0.411 e. The van der Waals surface area contributed by atoms with Crippen LogP contribution in [0.5, 0.6) is 0 Å². The second kappa shape index (κ2) is 8.86. The lowest BCUT2D eigenvalue weighted by atomic mass is 10.0. The Bertz CT molecular complexity index is 914. The number of hydrogen-bond acceptors (Lipinski definition) is 5. The van der Waals surface area contributed by atoms with Gasteiger partial charge in [-0.05, 0) is 42.5 Å². The highest BCUT2D eigenvalue weighted by atomic mass is 32.2. The summed E-state index contributed by atoms with van der Waals surface area (Å²) in [6.07, 6.45) is 1.75. The largest absolute Gasteiger partial charge is 0.411 e. The van der Waals surface area contributed by atoms with E-state index in [1.54, 1.807) is 0 Å². The van der Waals surface area contributed by atoms with Gasteiger partial charge in [0.2, 0.25) is 11.8 Å². The van der Waals surface area contributed by atoms with E-state index in [9.17, 15) is 4.79 Å². The van der Waals surface area contributed by atoms with E-state index in [1.165, 1.54) is 11.8 Å². The minimum atomic E-state index is -0.0776. The summed E-state index contributed by atoms with van der Waals surface area (Å²) in [6.45, 7) is 6.17. The molecule has 0 saturated carbocycles. The second-order valence-electron chi connectivity index (χ2n) is 6.18. The van der Waals surface area contributed by atoms with Crippen LogP contribution in [0.2, 0.25) is 0 Å². The summed E-state index contributed by atoms with van der Waals surface area (Å²) < 4.78 is 5.70. The number of rotatable bonds is 7. The van der Waals surface area contributed by atoms with Crippen molar-refractivity contribution in [2.75, 3.05) is 11.1 Å². The highest BCUT2D eigenvalue weighted by molar-refractivity contribution is 7.99. The molecule has 0 aliphatic heterocycles. The lowest BCUT2D eigenvalue weighted by Crippen LogP contribution is -2.16. The van der Waals surface area contributed by atoms with Gasteiger partial charge in [-0.1, -0.05) is 62.0 Å². The van der Waals surface area contributed by atoms with Crippen molar-refractivity contribution >= 4 is 23.4 Å². The zero-order valence-electron chi connectivity index (χ0n) is 15.8. The number of thioether (sulfide) groups is 1. The summed E-state index contributed by atoms with van der Waals surface area (Å²) in [5.41, 5.74) is 5.20. The van der Waals surface area contributed by atoms with Crippen molar-refractivity contribution in [1.82, 2.24) is 10.2 Å². The zero-order valence-corrected chi connectivity index (χ0v) is 16.6. The van der Waals surface area contributed by atoms with Gasteiger partial charge in [0.15, 0.2) is 0 Å². The molecule has 0 aliphatic carbocycles. The van der Waals surface area contributed by atoms with Crippen molar-refractivity contribution in [3.63, 3.8) is 0 Å². The molecule has 3 aromatic rings. The fourth-order valence-corrected chi connectivity index (χ4v) is 3.46. The first-order chi connectivity index (χ1) is 13.1. The number of amides is 1. The van der Waals surface area contributed by atoms with Crippen LogP contribution in [-0.4, -0.2) is 21.9 Å². The molecule has 5 nitrogen and oxygen atoms in total. The average Bonchev–Trinajstić information content (AvgIpc) is 3.15. The van der Waals surface area contributed by atoms with Crippen LogP contribution in [0.3, 0.4) is 0 Å². The average molecular weight is 382 g/mol. The Morgan fingerprint density at radius 3 is 2.41 bits per heavy atom. The van der Waals surface area contributed by atoms with E-state index >= 15 is 0 Å². The Balaban J connectivity index is 1.65. The third-order valence-corrected chi connectivity index (χ3v) is 5.19. The van der Waals surface area contributed by atoms with Gasteiger partial charge in [-0.25, -0.2) is 0 Å². The molecule has 0 saturated heterocycles. The van der Waals surface area contributed by atoms with Gasteiger partial charge in [0.05, 0.1) is 5.75 Å². The van der Waals surface area contributed by atoms with Crippen molar-refractivity contribution < 1.29 is 9.21 Å². The molecule has 0 unspecified atom stereocenters. The second-order valence-corrected chi connectivity index (χ2v) is 7.11. The predicted octanol–water partition coefficient (Wildman–Crippen LogP) is 4.90. The fraction of sp³-hybridized carbons (Fsp3) is 0.286. The molecule has 1 N–H and O–H groups in total. The van der Waals surface area contributed by atoms with E-state index in [2.05, 4.69) is 29.4 Å². The van der Waals surface area contributed by atoms with Crippen LogP contribution >= 0.6 is 11.8 Å². The van der Waals surface area contributed by atoms with Gasteiger partial charge in [0.25, 0.3) is 5.22 Å². The molecule has 1 amide bonds. The Kier molecular flexibility index (Phi) is 6.29. The lowest BCUT2D eigenvalue weighted by Gasteiger charge is -2.14. The van der Waals surface area contributed by atoms with E-state index in [1.807, 2.05) is 49.4 Å². The zero-order chi connectivity index (χ0) is 19.2. The number of nitrogens with one attached hydrogen (secondary N) is 1. The van der Waals surface area contributed by atoms with Crippen LogP contribution in [0.4, 0.5) is 5.69 Å². The first kappa shape index (κ1) is 19.2. The highest BCUT2D eigenvalue weighted by Crippen LogP contribution is 2.26. The van der Waals surface area contributed by atoms with Crippen LogP contribution < -0.4 is 5.32 Å². The molecular formula is C21H23N3O2S. The fourth-order valence-electron chi connectivity index (χ4n) is 2.90. The SMILES string of the molecule is CCc1cccc(CC)c1NC(=O)CSc1nnc(-c2ccccc2C)o1. The van der Waals surface area contributed by atoms with Crippen LogP contribution in [0.1, 0.15) is 30.5 Å². The van der Waals surface area contributed by atoms with Crippen molar-refractivity contribution in [2.45, 2.75) is 38.8 Å². The summed E-state index contributed by atoms with van der Waals surface area (Å²) in [5.74, 6) is 0.614. The maximum absolute atomic E-state index is 12.4. The van der Waals surface area contributed by atoms with Gasteiger partial charge in [-0.15, -0.1) is 10.2 Å². The summed E-state index contributed by atoms with van der Waals surface area (Å²) >= 11 is 1.24. The Labute approximate surface area is 163 Å². The minimum absolute atomic E-state index is 0.0776. The van der Waals surface area contributed by atoms with Gasteiger partial charge >= 0.3 is 0 Å². The maximum atomic E-state index is 12.4. The molecule has 140 valence electrons. The van der Waals surface area contributed by atoms with Crippen LogP contribution in [0, 0.1) is 6.92 Å². The van der Waals surface area contributed by atoms with Crippen molar-refractivity contribution in [1.29, 1.82) is 0 Å². The third kappa shape index (κ3) is 4.57. The van der Waals surface area contributed by atoms with Crippen molar-refractivity contribution in [3.8, 4) is 11.5 Å². The van der Waals surface area contributed by atoms with Gasteiger partial charge in [-0.3, -0.25) is 4.79 Å². The lowest BCUT2D eigenvalue weighted by molar-refractivity contribution is -0.113. The number of hydrogen-bond donors (Lipinski definition) is 1. The molecule has 27 heavy (non-hydrogen) atoms. The van der Waals surface area contributed by atoms with Crippen LogP contribution in [0.25, 0.3) is 11.5 Å². The van der Waals surface area contributed by atoms with Gasteiger partial charge in [-0.2, -0.15) is 0 Å². The molecule has 0 spiro atoms. The molecule has 0 atom stereocenters. The first-order valence-electron chi connectivity index (χ1n) is 9.05. The number of benzene rings is 2. The normalized spacial score (nSPS) is 10.8.